The van der Waals surface area contributed by atoms with E-state index in [0.717, 1.165) is 23.7 Å². The van der Waals surface area contributed by atoms with Gasteiger partial charge in [-0.3, -0.25) is 4.40 Å². The van der Waals surface area contributed by atoms with Gasteiger partial charge in [-0.1, -0.05) is 30.3 Å². The number of rotatable bonds is 4. The molecule has 2 aromatic heterocycles. The van der Waals surface area contributed by atoms with E-state index in [1.54, 1.807) is 11.3 Å². The third kappa shape index (κ3) is 2.17. The van der Waals surface area contributed by atoms with Crippen molar-refractivity contribution in [3.8, 4) is 0 Å². The van der Waals surface area contributed by atoms with Crippen molar-refractivity contribution < 1.29 is 5.32 Å². The maximum absolute atomic E-state index is 4.56. The van der Waals surface area contributed by atoms with Crippen LogP contribution in [0, 0.1) is 6.92 Å². The topological polar surface area (TPSA) is 33.9 Å². The molecule has 2 heterocycles. The Morgan fingerprint density at radius 3 is 2.89 bits per heavy atom. The first-order valence-electron chi connectivity index (χ1n) is 6.11. The molecule has 1 aromatic carbocycles. The van der Waals surface area contributed by atoms with Crippen LogP contribution in [0.2, 0.25) is 0 Å². The lowest BCUT2D eigenvalue weighted by atomic mass is 10.2. The maximum atomic E-state index is 4.56. The fourth-order valence-corrected chi connectivity index (χ4v) is 2.95. The molecule has 0 atom stereocenters. The van der Waals surface area contributed by atoms with Crippen LogP contribution in [0.25, 0.3) is 4.96 Å². The summed E-state index contributed by atoms with van der Waals surface area (Å²) >= 11 is 1.69. The molecule has 0 aliphatic heterocycles. The first kappa shape index (κ1) is 11.4. The lowest BCUT2D eigenvalue weighted by Gasteiger charge is -2.02. The van der Waals surface area contributed by atoms with Gasteiger partial charge in [0.1, 0.15) is 18.8 Å². The molecule has 2 N–H and O–H groups in total. The third-order valence-corrected chi connectivity index (χ3v) is 3.88. The number of hydrogen-bond acceptors (Lipinski definition) is 2. The standard InChI is InChI=1S/C14H15N3S/c1-11-13(17-7-8-18-14(17)16-11)10-15-9-12-5-3-2-4-6-12/h2-8,15H,9-10H2,1H3/p+1. The first-order valence-corrected chi connectivity index (χ1v) is 6.99. The molecule has 0 spiro atoms. The minimum Gasteiger partial charge on any atom is -0.337 e. The summed E-state index contributed by atoms with van der Waals surface area (Å²) in [6.45, 7) is 4.07. The fraction of sp³-hybridized carbons (Fsp3) is 0.214. The lowest BCUT2D eigenvalue weighted by molar-refractivity contribution is -0.686. The Kier molecular flexibility index (Phi) is 3.13. The van der Waals surface area contributed by atoms with Crippen molar-refractivity contribution in [2.24, 2.45) is 0 Å². The number of thiazole rings is 1. The minimum atomic E-state index is 0.971. The molecule has 0 saturated carbocycles. The molecule has 0 aliphatic carbocycles. The normalized spacial score (nSPS) is 11.2. The molecule has 0 bridgehead atoms. The number of nitrogens with two attached hydrogens (primary N) is 1. The van der Waals surface area contributed by atoms with Crippen LogP contribution in [0.15, 0.2) is 41.9 Å². The van der Waals surface area contributed by atoms with Crippen LogP contribution in [0.4, 0.5) is 0 Å². The second-order valence-corrected chi connectivity index (χ2v) is 5.26. The quantitative estimate of drug-likeness (QED) is 0.762. The molecule has 3 nitrogen and oxygen atoms in total. The van der Waals surface area contributed by atoms with E-state index in [0.29, 0.717) is 0 Å². The lowest BCUT2D eigenvalue weighted by Crippen LogP contribution is -2.81. The summed E-state index contributed by atoms with van der Waals surface area (Å²) in [6.07, 6.45) is 2.10. The molecular formula is C14H16N3S+. The molecule has 3 aromatic rings. The van der Waals surface area contributed by atoms with Gasteiger partial charge >= 0.3 is 0 Å². The summed E-state index contributed by atoms with van der Waals surface area (Å²) in [4.78, 5) is 5.65. The van der Waals surface area contributed by atoms with Crippen LogP contribution in [-0.2, 0) is 13.1 Å². The van der Waals surface area contributed by atoms with Crippen molar-refractivity contribution in [3.05, 3.63) is 58.9 Å². The predicted octanol–water partition coefficient (Wildman–Crippen LogP) is 1.97. The molecule has 3 rings (SSSR count). The summed E-state index contributed by atoms with van der Waals surface area (Å²) in [6, 6.07) is 10.6. The van der Waals surface area contributed by atoms with Crippen molar-refractivity contribution in [1.29, 1.82) is 0 Å². The number of imidazole rings is 1. The molecule has 92 valence electrons. The molecular weight excluding hydrogens is 242 g/mol. The van der Waals surface area contributed by atoms with Crippen LogP contribution in [-0.4, -0.2) is 9.38 Å². The smallest absolute Gasteiger partial charge is 0.194 e. The highest BCUT2D eigenvalue weighted by Gasteiger charge is 2.10. The van der Waals surface area contributed by atoms with E-state index in [9.17, 15) is 0 Å². The van der Waals surface area contributed by atoms with Gasteiger partial charge in [-0.05, 0) is 6.92 Å². The second-order valence-electron chi connectivity index (χ2n) is 4.38. The van der Waals surface area contributed by atoms with Gasteiger partial charge in [0, 0.05) is 17.1 Å². The van der Waals surface area contributed by atoms with Crippen LogP contribution in [0.3, 0.4) is 0 Å². The number of hydrogen-bond donors (Lipinski definition) is 1. The molecule has 4 heteroatoms. The summed E-state index contributed by atoms with van der Waals surface area (Å²) < 4.78 is 2.20. The summed E-state index contributed by atoms with van der Waals surface area (Å²) in [7, 11) is 0. The molecule has 0 amide bonds. The summed E-state index contributed by atoms with van der Waals surface area (Å²) in [5.41, 5.74) is 3.81. The van der Waals surface area contributed by atoms with Crippen molar-refractivity contribution in [2.75, 3.05) is 0 Å². The van der Waals surface area contributed by atoms with Gasteiger partial charge in [0.2, 0.25) is 0 Å². The van der Waals surface area contributed by atoms with Crippen LogP contribution >= 0.6 is 11.3 Å². The van der Waals surface area contributed by atoms with Gasteiger partial charge in [-0.2, -0.15) is 0 Å². The minimum absolute atomic E-state index is 0.971. The number of aromatic nitrogens is 2. The van der Waals surface area contributed by atoms with E-state index in [-0.39, 0.29) is 0 Å². The van der Waals surface area contributed by atoms with Gasteiger partial charge in [0.15, 0.2) is 4.96 Å². The Hall–Kier alpha value is -1.65. The molecule has 0 unspecified atom stereocenters. The fourth-order valence-electron chi connectivity index (χ4n) is 2.18. The highest BCUT2D eigenvalue weighted by Crippen LogP contribution is 2.15. The number of fused-ring (bicyclic) bond motifs is 1. The largest absolute Gasteiger partial charge is 0.337 e. The molecule has 18 heavy (non-hydrogen) atoms. The van der Waals surface area contributed by atoms with Gasteiger partial charge in [-0.15, -0.1) is 11.3 Å². The average molecular weight is 258 g/mol. The Morgan fingerprint density at radius 1 is 1.22 bits per heavy atom. The van der Waals surface area contributed by atoms with Crippen LogP contribution < -0.4 is 5.32 Å². The third-order valence-electron chi connectivity index (χ3n) is 3.12. The van der Waals surface area contributed by atoms with E-state index in [2.05, 4.69) is 63.5 Å². The SMILES string of the molecule is Cc1nc2sccn2c1C[NH2+]Cc1ccccc1. The predicted molar refractivity (Wildman–Crippen MR) is 73.6 cm³/mol. The Labute approximate surface area is 110 Å². The zero-order valence-corrected chi connectivity index (χ0v) is 11.2. The van der Waals surface area contributed by atoms with Crippen molar-refractivity contribution >= 4 is 16.3 Å². The molecule has 0 radical (unpaired) electrons. The van der Waals surface area contributed by atoms with E-state index in [4.69, 9.17) is 0 Å². The van der Waals surface area contributed by atoms with Gasteiger partial charge < -0.3 is 5.32 Å². The number of aryl methyl sites for hydroxylation is 1. The molecule has 0 aliphatic rings. The highest BCUT2D eigenvalue weighted by atomic mass is 32.1. The monoisotopic (exact) mass is 258 g/mol. The molecule has 0 saturated heterocycles. The second kappa shape index (κ2) is 4.92. The Balaban J connectivity index is 1.70. The van der Waals surface area contributed by atoms with Gasteiger partial charge in [0.05, 0.1) is 5.69 Å². The number of quaternary nitrogens is 1. The van der Waals surface area contributed by atoms with E-state index >= 15 is 0 Å². The zero-order valence-electron chi connectivity index (χ0n) is 10.3. The first-order chi connectivity index (χ1) is 8.84. The summed E-state index contributed by atoms with van der Waals surface area (Å²) in [5.74, 6) is 0. The van der Waals surface area contributed by atoms with Gasteiger partial charge in [0.25, 0.3) is 0 Å². The highest BCUT2D eigenvalue weighted by molar-refractivity contribution is 7.15. The van der Waals surface area contributed by atoms with E-state index in [1.807, 2.05) is 0 Å². The van der Waals surface area contributed by atoms with Crippen LogP contribution in [0.1, 0.15) is 17.0 Å². The maximum Gasteiger partial charge on any atom is 0.194 e. The van der Waals surface area contributed by atoms with Crippen molar-refractivity contribution in [2.45, 2.75) is 20.0 Å². The summed E-state index contributed by atoms with van der Waals surface area (Å²) in [5, 5.41) is 4.41. The van der Waals surface area contributed by atoms with E-state index < -0.39 is 0 Å². The van der Waals surface area contributed by atoms with E-state index in [1.165, 1.54) is 11.3 Å². The zero-order chi connectivity index (χ0) is 12.4. The Morgan fingerprint density at radius 2 is 2.06 bits per heavy atom. The van der Waals surface area contributed by atoms with Crippen LogP contribution in [0.5, 0.6) is 0 Å². The number of benzene rings is 1. The van der Waals surface area contributed by atoms with Gasteiger partial charge in [-0.25, -0.2) is 4.98 Å². The Bertz CT molecular complexity index is 639. The number of nitrogens with zero attached hydrogens (tertiary/aromatic N) is 2. The van der Waals surface area contributed by atoms with Crippen molar-refractivity contribution in [3.63, 3.8) is 0 Å². The molecule has 0 fully saturated rings. The average Bonchev–Trinajstić information content (AvgIpc) is 2.93. The van der Waals surface area contributed by atoms with Crippen molar-refractivity contribution in [1.82, 2.24) is 9.38 Å².